The zero-order valence-electron chi connectivity index (χ0n) is 10.6. The maximum Gasteiger partial charge on any atom is 0.218 e. The molecule has 0 amide bonds. The second kappa shape index (κ2) is 5.49. The molecular formula is C13H9F2N5S. The van der Waals surface area contributed by atoms with E-state index in [1.54, 1.807) is 0 Å². The van der Waals surface area contributed by atoms with Gasteiger partial charge in [-0.05, 0) is 40.4 Å². The summed E-state index contributed by atoms with van der Waals surface area (Å²) in [6.07, 6.45) is 0. The Morgan fingerprint density at radius 2 is 1.86 bits per heavy atom. The highest BCUT2D eigenvalue weighted by molar-refractivity contribution is 7.99. The number of hydrogen-bond donors (Lipinski definition) is 1. The minimum Gasteiger partial charge on any atom is -0.395 e. The van der Waals surface area contributed by atoms with Crippen LogP contribution < -0.4 is 5.73 Å². The summed E-state index contributed by atoms with van der Waals surface area (Å²) in [5, 5.41) is 11.7. The van der Waals surface area contributed by atoms with E-state index in [1.165, 1.54) is 4.68 Å². The molecule has 106 valence electrons. The van der Waals surface area contributed by atoms with Gasteiger partial charge in [0.15, 0.2) is 0 Å². The van der Waals surface area contributed by atoms with E-state index >= 15 is 0 Å². The zero-order chi connectivity index (χ0) is 14.8. The van der Waals surface area contributed by atoms with Crippen molar-refractivity contribution < 1.29 is 8.78 Å². The average Bonchev–Trinajstić information content (AvgIpc) is 2.93. The summed E-state index contributed by atoms with van der Waals surface area (Å²) < 4.78 is 28.2. The number of nitrogen functional groups attached to an aromatic ring is 1. The lowest BCUT2D eigenvalue weighted by Crippen LogP contribution is -2.00. The average molecular weight is 305 g/mol. The molecule has 3 aromatic rings. The number of nitrogens with two attached hydrogens (primary N) is 1. The van der Waals surface area contributed by atoms with E-state index in [0.717, 1.165) is 29.6 Å². The summed E-state index contributed by atoms with van der Waals surface area (Å²) in [5.41, 5.74) is 6.22. The molecule has 0 radical (unpaired) electrons. The highest BCUT2D eigenvalue weighted by Gasteiger charge is 2.15. The number of anilines is 1. The first-order valence-electron chi connectivity index (χ1n) is 5.91. The van der Waals surface area contributed by atoms with Crippen molar-refractivity contribution in [2.24, 2.45) is 0 Å². The van der Waals surface area contributed by atoms with Crippen molar-refractivity contribution in [2.45, 2.75) is 10.1 Å². The Balaban J connectivity index is 1.99. The minimum atomic E-state index is -0.809. The molecule has 3 rings (SSSR count). The Bertz CT molecular complexity index is 775. The fraction of sp³-hybridized carbons (Fsp3) is 0. The van der Waals surface area contributed by atoms with E-state index < -0.39 is 11.6 Å². The number of benzene rings is 2. The summed E-state index contributed by atoms with van der Waals surface area (Å²) in [6, 6.07) is 11.0. The highest BCUT2D eigenvalue weighted by Crippen LogP contribution is 2.33. The predicted octanol–water partition coefficient (Wildman–Crippen LogP) is 2.67. The van der Waals surface area contributed by atoms with Gasteiger partial charge in [-0.25, -0.2) is 8.78 Å². The van der Waals surface area contributed by atoms with Crippen LogP contribution in [0.4, 0.5) is 14.5 Å². The summed E-state index contributed by atoms with van der Waals surface area (Å²) >= 11 is 0.993. The fourth-order valence-electron chi connectivity index (χ4n) is 1.72. The molecule has 0 aliphatic heterocycles. The van der Waals surface area contributed by atoms with Crippen LogP contribution in [-0.4, -0.2) is 20.2 Å². The number of aromatic nitrogens is 4. The van der Waals surface area contributed by atoms with Crippen LogP contribution in [0.25, 0.3) is 5.69 Å². The maximum atomic E-state index is 13.5. The number of halogens is 2. The molecule has 2 N–H and O–H groups in total. The molecule has 1 aromatic heterocycles. The van der Waals surface area contributed by atoms with Crippen LogP contribution in [0.15, 0.2) is 52.5 Å². The molecule has 8 heteroatoms. The smallest absolute Gasteiger partial charge is 0.218 e. The quantitative estimate of drug-likeness (QED) is 0.753. The topological polar surface area (TPSA) is 69.6 Å². The Labute approximate surface area is 122 Å². The molecular weight excluding hydrogens is 296 g/mol. The van der Waals surface area contributed by atoms with Crippen molar-refractivity contribution in [1.29, 1.82) is 0 Å². The van der Waals surface area contributed by atoms with Crippen LogP contribution in [0, 0.1) is 11.6 Å². The highest BCUT2D eigenvalue weighted by atomic mass is 32.2. The molecule has 0 aliphatic rings. The second-order valence-electron chi connectivity index (χ2n) is 4.11. The van der Waals surface area contributed by atoms with Crippen LogP contribution in [0.3, 0.4) is 0 Å². The van der Waals surface area contributed by atoms with Crippen molar-refractivity contribution in [3.8, 4) is 5.69 Å². The molecule has 21 heavy (non-hydrogen) atoms. The van der Waals surface area contributed by atoms with Gasteiger partial charge in [0.05, 0.1) is 11.4 Å². The van der Waals surface area contributed by atoms with Crippen molar-refractivity contribution in [3.05, 3.63) is 54.1 Å². The predicted molar refractivity (Wildman–Crippen MR) is 74.0 cm³/mol. The van der Waals surface area contributed by atoms with Gasteiger partial charge in [0.25, 0.3) is 0 Å². The molecule has 0 spiro atoms. The van der Waals surface area contributed by atoms with Crippen LogP contribution >= 0.6 is 11.8 Å². The van der Waals surface area contributed by atoms with E-state index in [-0.39, 0.29) is 10.6 Å². The first kappa shape index (κ1) is 13.5. The molecule has 0 atom stereocenters. The van der Waals surface area contributed by atoms with Crippen molar-refractivity contribution in [3.63, 3.8) is 0 Å². The Morgan fingerprint density at radius 3 is 2.62 bits per heavy atom. The molecule has 0 aliphatic carbocycles. The van der Waals surface area contributed by atoms with E-state index in [1.807, 2.05) is 30.3 Å². The van der Waals surface area contributed by atoms with Crippen LogP contribution in [0.5, 0.6) is 0 Å². The van der Waals surface area contributed by atoms with Gasteiger partial charge >= 0.3 is 0 Å². The Kier molecular flexibility index (Phi) is 3.53. The third-order valence-electron chi connectivity index (χ3n) is 2.70. The first-order chi connectivity index (χ1) is 10.1. The van der Waals surface area contributed by atoms with Gasteiger partial charge in [-0.1, -0.05) is 18.2 Å². The van der Waals surface area contributed by atoms with Crippen LogP contribution in [0.1, 0.15) is 0 Å². The second-order valence-corrected chi connectivity index (χ2v) is 5.12. The monoisotopic (exact) mass is 305 g/mol. The third-order valence-corrected chi connectivity index (χ3v) is 3.69. The largest absolute Gasteiger partial charge is 0.395 e. The van der Waals surface area contributed by atoms with E-state index in [2.05, 4.69) is 15.5 Å². The fourth-order valence-corrected chi connectivity index (χ4v) is 2.60. The van der Waals surface area contributed by atoms with E-state index in [0.29, 0.717) is 5.16 Å². The lowest BCUT2D eigenvalue weighted by molar-refractivity contribution is 0.581. The number of hydrogen-bond acceptors (Lipinski definition) is 5. The minimum absolute atomic E-state index is 0.135. The molecule has 0 saturated heterocycles. The van der Waals surface area contributed by atoms with Crippen molar-refractivity contribution >= 4 is 17.4 Å². The van der Waals surface area contributed by atoms with Crippen LogP contribution in [-0.2, 0) is 0 Å². The van der Waals surface area contributed by atoms with Gasteiger partial charge in [0.2, 0.25) is 5.16 Å². The molecule has 0 unspecified atom stereocenters. The Morgan fingerprint density at radius 1 is 1.10 bits per heavy atom. The summed E-state index contributed by atoms with van der Waals surface area (Å²) in [5.74, 6) is -1.51. The Hall–Kier alpha value is -2.48. The van der Waals surface area contributed by atoms with E-state index in [9.17, 15) is 8.78 Å². The van der Waals surface area contributed by atoms with Gasteiger partial charge in [-0.3, -0.25) is 0 Å². The van der Waals surface area contributed by atoms with Crippen molar-refractivity contribution in [2.75, 3.05) is 5.73 Å². The number of para-hydroxylation sites is 1. The molecule has 0 saturated carbocycles. The van der Waals surface area contributed by atoms with Gasteiger partial charge in [-0.2, -0.15) is 4.68 Å². The first-order valence-corrected chi connectivity index (χ1v) is 6.73. The van der Waals surface area contributed by atoms with Gasteiger partial charge < -0.3 is 5.73 Å². The molecule has 0 fully saturated rings. The SMILES string of the molecule is Nc1c(F)cc(F)cc1Sc1nnnn1-c1ccccc1. The van der Waals surface area contributed by atoms with Crippen molar-refractivity contribution in [1.82, 2.24) is 20.2 Å². The summed E-state index contributed by atoms with van der Waals surface area (Å²) in [6.45, 7) is 0. The van der Waals surface area contributed by atoms with Gasteiger partial charge in [0, 0.05) is 11.0 Å². The zero-order valence-corrected chi connectivity index (χ0v) is 11.4. The van der Waals surface area contributed by atoms with E-state index in [4.69, 9.17) is 5.73 Å². The lowest BCUT2D eigenvalue weighted by atomic mass is 10.3. The number of rotatable bonds is 3. The summed E-state index contributed by atoms with van der Waals surface area (Å²) in [7, 11) is 0. The lowest BCUT2D eigenvalue weighted by Gasteiger charge is -2.07. The van der Waals surface area contributed by atoms with Gasteiger partial charge in [-0.15, -0.1) is 5.10 Å². The molecule has 1 heterocycles. The number of tetrazole rings is 1. The van der Waals surface area contributed by atoms with Crippen LogP contribution in [0.2, 0.25) is 0 Å². The molecule has 2 aromatic carbocycles. The number of nitrogens with zero attached hydrogens (tertiary/aromatic N) is 4. The maximum absolute atomic E-state index is 13.5. The van der Waals surface area contributed by atoms with Gasteiger partial charge in [0.1, 0.15) is 11.6 Å². The molecule has 5 nitrogen and oxygen atoms in total. The standard InChI is InChI=1S/C13H9F2N5S/c14-8-6-10(15)12(16)11(7-8)21-13-17-18-19-20(13)9-4-2-1-3-5-9/h1-7H,16H2. The molecule has 0 bridgehead atoms. The summed E-state index contributed by atoms with van der Waals surface area (Å²) in [4.78, 5) is 0.222. The third kappa shape index (κ3) is 2.70. The normalized spacial score (nSPS) is 10.8.